The average molecular weight is 365 g/mol. The Hall–Kier alpha value is -1.92. The van der Waals surface area contributed by atoms with Crippen LogP contribution >= 0.6 is 12.4 Å². The van der Waals surface area contributed by atoms with Crippen molar-refractivity contribution in [3.63, 3.8) is 0 Å². The molecular weight excluding hydrogens is 340 g/mol. The first-order chi connectivity index (χ1) is 11.6. The van der Waals surface area contributed by atoms with E-state index >= 15 is 0 Å². The number of carbonyl (C=O) groups excluding carboxylic acids is 1. The van der Waals surface area contributed by atoms with Gasteiger partial charge in [-0.3, -0.25) is 4.79 Å². The number of amides is 1. The molecule has 1 fully saturated rings. The molecule has 3 rings (SSSR count). The van der Waals surface area contributed by atoms with Crippen LogP contribution in [0.2, 0.25) is 0 Å². The highest BCUT2D eigenvalue weighted by molar-refractivity contribution is 5.85. The molecule has 0 aliphatic carbocycles. The van der Waals surface area contributed by atoms with Crippen LogP contribution < -0.4 is 5.73 Å². The van der Waals surface area contributed by atoms with E-state index in [9.17, 15) is 4.79 Å². The zero-order valence-electron chi connectivity index (χ0n) is 14.6. The maximum Gasteiger partial charge on any atom is 0.249 e. The topological polar surface area (TPSA) is 85.2 Å². The zero-order chi connectivity index (χ0) is 17.1. The summed E-state index contributed by atoms with van der Waals surface area (Å²) < 4.78 is 5.50. The highest BCUT2D eigenvalue weighted by atomic mass is 35.5. The Morgan fingerprint density at radius 2 is 2.04 bits per heavy atom. The van der Waals surface area contributed by atoms with Crippen LogP contribution in [0.3, 0.4) is 0 Å². The third-order valence-electron chi connectivity index (χ3n) is 4.45. The van der Waals surface area contributed by atoms with Crippen molar-refractivity contribution in [2.24, 2.45) is 11.7 Å². The first kappa shape index (κ1) is 19.4. The molecule has 2 N–H and O–H groups in total. The monoisotopic (exact) mass is 364 g/mol. The molecule has 2 heterocycles. The van der Waals surface area contributed by atoms with E-state index in [0.29, 0.717) is 18.3 Å². The van der Waals surface area contributed by atoms with Gasteiger partial charge in [-0.1, -0.05) is 43.3 Å². The second-order valence-corrected chi connectivity index (χ2v) is 6.56. The number of benzene rings is 1. The van der Waals surface area contributed by atoms with Crippen LogP contribution in [-0.4, -0.2) is 27.5 Å². The lowest BCUT2D eigenvalue weighted by molar-refractivity contribution is -0.139. The number of rotatable bonds is 4. The number of aromatic nitrogens is 2. The zero-order valence-corrected chi connectivity index (χ0v) is 15.5. The smallest absolute Gasteiger partial charge is 0.249 e. The molecule has 1 unspecified atom stereocenters. The summed E-state index contributed by atoms with van der Waals surface area (Å²) >= 11 is 0. The van der Waals surface area contributed by atoms with Crippen LogP contribution in [0.4, 0.5) is 0 Å². The van der Waals surface area contributed by atoms with Gasteiger partial charge in [0.1, 0.15) is 6.04 Å². The Kier molecular flexibility index (Phi) is 6.56. The van der Waals surface area contributed by atoms with Gasteiger partial charge in [-0.25, -0.2) is 0 Å². The molecule has 1 aliphatic heterocycles. The van der Waals surface area contributed by atoms with Gasteiger partial charge in [0.05, 0.1) is 0 Å². The number of piperidine rings is 1. The van der Waals surface area contributed by atoms with Crippen LogP contribution in [-0.2, 0) is 11.3 Å². The van der Waals surface area contributed by atoms with Crippen LogP contribution in [0.5, 0.6) is 0 Å². The SMILES string of the molecule is CC(C)C(=O)N1CCCCC1c1nc(-c2ccc(CN)cc2)no1.Cl. The van der Waals surface area contributed by atoms with Crippen LogP contribution in [0.25, 0.3) is 11.4 Å². The van der Waals surface area contributed by atoms with Gasteiger partial charge in [0.25, 0.3) is 0 Å². The van der Waals surface area contributed by atoms with Crippen LogP contribution in [0.1, 0.15) is 50.6 Å². The van der Waals surface area contributed by atoms with E-state index in [-0.39, 0.29) is 30.3 Å². The molecular formula is C18H25ClN4O2. The molecule has 25 heavy (non-hydrogen) atoms. The van der Waals surface area contributed by atoms with Crippen molar-refractivity contribution >= 4 is 18.3 Å². The van der Waals surface area contributed by atoms with Crippen LogP contribution in [0.15, 0.2) is 28.8 Å². The lowest BCUT2D eigenvalue weighted by atomic mass is 10.00. The van der Waals surface area contributed by atoms with Gasteiger partial charge in [0.2, 0.25) is 17.6 Å². The number of hydrogen-bond acceptors (Lipinski definition) is 5. The van der Waals surface area contributed by atoms with Gasteiger partial charge in [-0.15, -0.1) is 12.4 Å². The maximum absolute atomic E-state index is 12.5. The molecule has 0 saturated carbocycles. The Bertz CT molecular complexity index is 699. The molecule has 1 saturated heterocycles. The molecule has 1 amide bonds. The molecule has 1 aromatic heterocycles. The largest absolute Gasteiger partial charge is 0.337 e. The second kappa shape index (κ2) is 8.45. The van der Waals surface area contributed by atoms with E-state index in [2.05, 4.69) is 10.1 Å². The normalized spacial score (nSPS) is 17.4. The third kappa shape index (κ3) is 4.19. The van der Waals surface area contributed by atoms with Crippen molar-refractivity contribution < 1.29 is 9.32 Å². The second-order valence-electron chi connectivity index (χ2n) is 6.56. The van der Waals surface area contributed by atoms with Gasteiger partial charge >= 0.3 is 0 Å². The quantitative estimate of drug-likeness (QED) is 0.899. The Morgan fingerprint density at radius 1 is 1.32 bits per heavy atom. The number of carbonyl (C=O) groups is 1. The van der Waals surface area contributed by atoms with Crippen molar-refractivity contribution in [2.75, 3.05) is 6.54 Å². The van der Waals surface area contributed by atoms with Gasteiger partial charge in [0.15, 0.2) is 0 Å². The fourth-order valence-electron chi connectivity index (χ4n) is 3.06. The maximum atomic E-state index is 12.5. The summed E-state index contributed by atoms with van der Waals surface area (Å²) in [5.74, 6) is 1.20. The van der Waals surface area contributed by atoms with Crippen molar-refractivity contribution in [3.8, 4) is 11.4 Å². The highest BCUT2D eigenvalue weighted by Crippen LogP contribution is 2.32. The van der Waals surface area contributed by atoms with E-state index < -0.39 is 0 Å². The first-order valence-corrected chi connectivity index (χ1v) is 8.53. The summed E-state index contributed by atoms with van der Waals surface area (Å²) in [5, 5.41) is 4.10. The van der Waals surface area contributed by atoms with Crippen molar-refractivity contribution in [2.45, 2.75) is 45.7 Å². The molecule has 1 aliphatic rings. The Morgan fingerprint density at radius 3 is 2.68 bits per heavy atom. The van der Waals surface area contributed by atoms with E-state index in [1.165, 1.54) is 0 Å². The molecule has 1 aromatic carbocycles. The molecule has 0 bridgehead atoms. The Labute approximate surface area is 154 Å². The summed E-state index contributed by atoms with van der Waals surface area (Å²) in [7, 11) is 0. The lowest BCUT2D eigenvalue weighted by Crippen LogP contribution is -2.40. The molecule has 1 atom stereocenters. The minimum absolute atomic E-state index is 0. The first-order valence-electron chi connectivity index (χ1n) is 8.53. The number of nitrogens with two attached hydrogens (primary N) is 1. The predicted molar refractivity (Wildman–Crippen MR) is 98.0 cm³/mol. The standard InChI is InChI=1S/C18H24N4O2.ClH/c1-12(2)18(23)22-10-4-3-5-15(22)17-20-16(21-24-17)14-8-6-13(11-19)7-9-14;/h6-9,12,15H,3-5,10-11,19H2,1-2H3;1H. The van der Waals surface area contributed by atoms with E-state index in [0.717, 1.165) is 36.9 Å². The number of hydrogen-bond donors (Lipinski definition) is 1. The minimum Gasteiger partial charge on any atom is -0.337 e. The van der Waals surface area contributed by atoms with Crippen molar-refractivity contribution in [3.05, 3.63) is 35.7 Å². The highest BCUT2D eigenvalue weighted by Gasteiger charge is 2.33. The molecule has 2 aromatic rings. The number of likely N-dealkylation sites (tertiary alicyclic amines) is 1. The number of halogens is 1. The lowest BCUT2D eigenvalue weighted by Gasteiger charge is -2.34. The summed E-state index contributed by atoms with van der Waals surface area (Å²) in [5.41, 5.74) is 7.57. The molecule has 0 spiro atoms. The summed E-state index contributed by atoms with van der Waals surface area (Å²) in [4.78, 5) is 18.9. The van der Waals surface area contributed by atoms with E-state index in [4.69, 9.17) is 10.3 Å². The van der Waals surface area contributed by atoms with Gasteiger partial charge in [-0.2, -0.15) is 4.98 Å². The Balaban J connectivity index is 0.00000225. The average Bonchev–Trinajstić information content (AvgIpc) is 3.11. The van der Waals surface area contributed by atoms with Gasteiger partial charge in [-0.05, 0) is 24.8 Å². The molecule has 6 nitrogen and oxygen atoms in total. The summed E-state index contributed by atoms with van der Waals surface area (Å²) in [6, 6.07) is 7.68. The summed E-state index contributed by atoms with van der Waals surface area (Å²) in [6.07, 6.45) is 2.96. The molecule has 7 heteroatoms. The van der Waals surface area contributed by atoms with Gasteiger partial charge < -0.3 is 15.2 Å². The third-order valence-corrected chi connectivity index (χ3v) is 4.45. The number of nitrogens with zero attached hydrogens (tertiary/aromatic N) is 3. The van der Waals surface area contributed by atoms with Crippen molar-refractivity contribution in [1.82, 2.24) is 15.0 Å². The fourth-order valence-corrected chi connectivity index (χ4v) is 3.06. The summed E-state index contributed by atoms with van der Waals surface area (Å²) in [6.45, 7) is 5.11. The van der Waals surface area contributed by atoms with Crippen molar-refractivity contribution in [1.29, 1.82) is 0 Å². The van der Waals surface area contributed by atoms with Crippen LogP contribution in [0, 0.1) is 5.92 Å². The predicted octanol–water partition coefficient (Wildman–Crippen LogP) is 3.33. The minimum atomic E-state index is -0.113. The molecule has 0 radical (unpaired) electrons. The fraction of sp³-hybridized carbons (Fsp3) is 0.500. The van der Waals surface area contributed by atoms with E-state index in [1.807, 2.05) is 43.0 Å². The van der Waals surface area contributed by atoms with E-state index in [1.54, 1.807) is 0 Å². The molecule has 136 valence electrons. The van der Waals surface area contributed by atoms with Gasteiger partial charge in [0, 0.05) is 24.6 Å².